The molecule has 0 spiro atoms. The number of carbonyl (C=O) groups excluding carboxylic acids is 1. The van der Waals surface area contributed by atoms with Crippen LogP contribution >= 0.6 is 0 Å². The van der Waals surface area contributed by atoms with Crippen molar-refractivity contribution in [1.82, 2.24) is 9.97 Å². The number of carbonyl (C=O) groups is 1. The lowest BCUT2D eigenvalue weighted by molar-refractivity contribution is 0.0280. The summed E-state index contributed by atoms with van der Waals surface area (Å²) < 4.78 is 37.7. The molecule has 3 heterocycles. The maximum atomic E-state index is 13.6. The highest BCUT2D eigenvalue weighted by Crippen LogP contribution is 2.27. The maximum absolute atomic E-state index is 13.6. The van der Waals surface area contributed by atoms with Gasteiger partial charge in [0, 0.05) is 37.8 Å². The molecule has 0 unspecified atom stereocenters. The van der Waals surface area contributed by atoms with Gasteiger partial charge in [-0.1, -0.05) is 0 Å². The minimum atomic E-state index is -0.982. The van der Waals surface area contributed by atoms with E-state index in [0.29, 0.717) is 35.5 Å². The van der Waals surface area contributed by atoms with Crippen molar-refractivity contribution in [2.24, 2.45) is 0 Å². The first-order valence-corrected chi connectivity index (χ1v) is 10.3. The molecule has 1 fully saturated rings. The van der Waals surface area contributed by atoms with Crippen LogP contribution < -0.4 is 15.5 Å². The summed E-state index contributed by atoms with van der Waals surface area (Å²) in [5.74, 6) is -1.09. The Morgan fingerprint density at radius 2 is 2.06 bits per heavy atom. The predicted molar refractivity (Wildman–Crippen MR) is 118 cm³/mol. The van der Waals surface area contributed by atoms with Gasteiger partial charge in [-0.25, -0.2) is 18.6 Å². The molecule has 1 aliphatic heterocycles. The van der Waals surface area contributed by atoms with Crippen molar-refractivity contribution in [1.29, 1.82) is 0 Å². The predicted octanol–water partition coefficient (Wildman–Crippen LogP) is 4.04. The Labute approximate surface area is 183 Å². The van der Waals surface area contributed by atoms with Gasteiger partial charge in [0.25, 0.3) is 0 Å². The van der Waals surface area contributed by atoms with Crippen molar-refractivity contribution in [3.63, 3.8) is 0 Å². The Bertz CT molecular complexity index is 1120. The van der Waals surface area contributed by atoms with Gasteiger partial charge in [-0.05, 0) is 31.0 Å². The number of halogens is 2. The van der Waals surface area contributed by atoms with E-state index in [9.17, 15) is 13.6 Å². The van der Waals surface area contributed by atoms with Crippen molar-refractivity contribution < 1.29 is 23.0 Å². The molecule has 2 aromatic heterocycles. The van der Waals surface area contributed by atoms with E-state index in [2.05, 4.69) is 25.5 Å². The summed E-state index contributed by atoms with van der Waals surface area (Å²) in [6, 6.07) is 3.41. The monoisotopic (exact) mass is 445 g/mol. The highest BCUT2D eigenvalue weighted by atomic mass is 19.2. The molecule has 0 aliphatic carbocycles. The molecule has 0 radical (unpaired) electrons. The molecular weight excluding hydrogens is 420 g/mol. The fraction of sp³-hybridized carbons (Fsp3) is 0.364. The van der Waals surface area contributed by atoms with Crippen molar-refractivity contribution in [3.8, 4) is 0 Å². The van der Waals surface area contributed by atoms with Crippen LogP contribution in [0.25, 0.3) is 10.9 Å². The van der Waals surface area contributed by atoms with E-state index in [1.54, 1.807) is 13.3 Å². The number of hydrogen-bond donors (Lipinski definition) is 3. The number of nitrogens with one attached hydrogen (secondary N) is 3. The topological polar surface area (TPSA) is 91.5 Å². The van der Waals surface area contributed by atoms with Gasteiger partial charge < -0.3 is 30.0 Å². The fourth-order valence-electron chi connectivity index (χ4n) is 3.83. The van der Waals surface area contributed by atoms with Gasteiger partial charge in [-0.2, -0.15) is 0 Å². The molecule has 1 saturated heterocycles. The Hall–Kier alpha value is -3.24. The quantitative estimate of drug-likeness (QED) is 0.478. The molecule has 32 heavy (non-hydrogen) atoms. The summed E-state index contributed by atoms with van der Waals surface area (Å²) in [5, 5.41) is 5.74. The summed E-state index contributed by atoms with van der Waals surface area (Å²) in [7, 11) is 1.65. The van der Waals surface area contributed by atoms with E-state index < -0.39 is 17.7 Å². The van der Waals surface area contributed by atoms with Gasteiger partial charge >= 0.3 is 6.03 Å². The average molecular weight is 445 g/mol. The van der Waals surface area contributed by atoms with Crippen molar-refractivity contribution in [2.45, 2.75) is 19.4 Å². The summed E-state index contributed by atoms with van der Waals surface area (Å²) in [6.07, 6.45) is 4.13. The SMILES string of the molecule is COCCO[C@@H]1CCN(c2ncc(NC(=O)Nc3c[nH]c4cc(F)c(F)cc34)cc2C)C1. The normalized spacial score (nSPS) is 16.0. The third-order valence-corrected chi connectivity index (χ3v) is 5.36. The van der Waals surface area contributed by atoms with Crippen LogP contribution in [0.3, 0.4) is 0 Å². The van der Waals surface area contributed by atoms with Crippen LogP contribution in [0.4, 0.5) is 30.8 Å². The lowest BCUT2D eigenvalue weighted by atomic mass is 10.2. The van der Waals surface area contributed by atoms with E-state index in [1.807, 2.05) is 13.0 Å². The molecule has 0 saturated carbocycles. The van der Waals surface area contributed by atoms with E-state index in [0.717, 1.165) is 43.0 Å². The Balaban J connectivity index is 1.38. The number of amides is 2. The second kappa shape index (κ2) is 9.49. The lowest BCUT2D eigenvalue weighted by Gasteiger charge is -2.20. The zero-order valence-corrected chi connectivity index (χ0v) is 17.9. The molecule has 3 N–H and O–H groups in total. The highest BCUT2D eigenvalue weighted by molar-refractivity contribution is 6.05. The van der Waals surface area contributed by atoms with Gasteiger partial charge in [0.05, 0.1) is 42.4 Å². The van der Waals surface area contributed by atoms with Crippen LogP contribution in [-0.2, 0) is 9.47 Å². The van der Waals surface area contributed by atoms with Crippen LogP contribution in [0.1, 0.15) is 12.0 Å². The standard InChI is InChI=1S/C22H25F2N5O3/c1-13-7-14(10-26-21(13)29-4-3-15(12-29)32-6-5-31-2)27-22(30)28-20-11-25-19-9-18(24)17(23)8-16(19)20/h7-11,15,25H,3-6,12H2,1-2H3,(H2,27,28,30)/t15-/m1/s1. The van der Waals surface area contributed by atoms with Gasteiger partial charge in [-0.15, -0.1) is 0 Å². The number of H-pyrrole nitrogens is 1. The van der Waals surface area contributed by atoms with Gasteiger partial charge in [0.15, 0.2) is 11.6 Å². The molecule has 10 heteroatoms. The second-order valence-corrected chi connectivity index (χ2v) is 7.68. The summed E-state index contributed by atoms with van der Waals surface area (Å²) in [5.41, 5.74) is 2.17. The maximum Gasteiger partial charge on any atom is 0.323 e. The van der Waals surface area contributed by atoms with Crippen LogP contribution in [0.15, 0.2) is 30.6 Å². The number of rotatable bonds is 7. The number of anilines is 3. The number of benzene rings is 1. The zero-order chi connectivity index (χ0) is 22.7. The first kappa shape index (κ1) is 22.0. The number of hydrogen-bond acceptors (Lipinski definition) is 5. The van der Waals surface area contributed by atoms with E-state index in [4.69, 9.17) is 9.47 Å². The van der Waals surface area contributed by atoms with Gasteiger partial charge in [-0.3, -0.25) is 0 Å². The largest absolute Gasteiger partial charge is 0.382 e. The van der Waals surface area contributed by atoms with Gasteiger partial charge in [0.2, 0.25) is 0 Å². The second-order valence-electron chi connectivity index (χ2n) is 7.68. The van der Waals surface area contributed by atoms with Crippen LogP contribution in [-0.4, -0.2) is 55.5 Å². The molecular formula is C22H25F2N5O3. The number of urea groups is 1. The van der Waals surface area contributed by atoms with Crippen LogP contribution in [0, 0.1) is 18.6 Å². The van der Waals surface area contributed by atoms with Crippen molar-refractivity contribution in [3.05, 3.63) is 47.8 Å². The summed E-state index contributed by atoms with van der Waals surface area (Å²) >= 11 is 0. The molecule has 0 bridgehead atoms. The van der Waals surface area contributed by atoms with Crippen LogP contribution in [0.5, 0.6) is 0 Å². The third kappa shape index (κ3) is 4.81. The molecule has 1 aromatic carbocycles. The third-order valence-electron chi connectivity index (χ3n) is 5.36. The smallest absolute Gasteiger partial charge is 0.323 e. The molecule has 3 aromatic rings. The Morgan fingerprint density at radius 3 is 2.84 bits per heavy atom. The molecule has 1 aliphatic rings. The Kier molecular flexibility index (Phi) is 6.52. The fourth-order valence-corrected chi connectivity index (χ4v) is 3.83. The van der Waals surface area contributed by atoms with Crippen molar-refractivity contribution in [2.75, 3.05) is 48.9 Å². The number of pyridine rings is 1. The summed E-state index contributed by atoms with van der Waals surface area (Å²) in [4.78, 5) is 21.9. The van der Waals surface area contributed by atoms with E-state index in [-0.39, 0.29) is 6.10 Å². The first-order chi connectivity index (χ1) is 15.4. The number of fused-ring (bicyclic) bond motifs is 1. The summed E-state index contributed by atoms with van der Waals surface area (Å²) in [6.45, 7) is 4.67. The molecule has 8 nitrogen and oxygen atoms in total. The number of ether oxygens (including phenoxy) is 2. The molecule has 4 rings (SSSR count). The molecule has 2 amide bonds. The minimum absolute atomic E-state index is 0.143. The zero-order valence-electron chi connectivity index (χ0n) is 17.9. The van der Waals surface area contributed by atoms with Gasteiger partial charge in [0.1, 0.15) is 5.82 Å². The lowest BCUT2D eigenvalue weighted by Crippen LogP contribution is -2.25. The molecule has 1 atom stereocenters. The van der Waals surface area contributed by atoms with E-state index in [1.165, 1.54) is 6.20 Å². The van der Waals surface area contributed by atoms with Crippen LogP contribution in [0.2, 0.25) is 0 Å². The highest BCUT2D eigenvalue weighted by Gasteiger charge is 2.25. The number of nitrogens with zero attached hydrogens (tertiary/aromatic N) is 2. The number of methoxy groups -OCH3 is 1. The number of aryl methyl sites for hydroxylation is 1. The average Bonchev–Trinajstić information content (AvgIpc) is 3.36. The van der Waals surface area contributed by atoms with E-state index >= 15 is 0 Å². The Morgan fingerprint density at radius 1 is 1.25 bits per heavy atom. The number of aromatic amines is 1. The first-order valence-electron chi connectivity index (χ1n) is 10.3. The molecule has 170 valence electrons. The minimum Gasteiger partial charge on any atom is -0.382 e. The number of aromatic nitrogens is 2. The van der Waals surface area contributed by atoms with Crippen molar-refractivity contribution >= 4 is 34.1 Å².